The first kappa shape index (κ1) is 6.80. The van der Waals surface area contributed by atoms with Gasteiger partial charge in [-0.05, 0) is 17.7 Å². The van der Waals surface area contributed by atoms with Crippen molar-refractivity contribution in [3.05, 3.63) is 17.7 Å². The van der Waals surface area contributed by atoms with Crippen LogP contribution >= 0.6 is 0 Å². The maximum atomic E-state index is 11.9. The maximum absolute atomic E-state index is 11.9. The summed E-state index contributed by atoms with van der Waals surface area (Å²) in [6.07, 6.45) is 0. The second-order valence-corrected chi connectivity index (χ2v) is 1.96. The number of anilines is 2. The van der Waals surface area contributed by atoms with Crippen molar-refractivity contribution in [2.75, 3.05) is 11.5 Å². The fourth-order valence-corrected chi connectivity index (χ4v) is 0.712. The highest BCUT2D eigenvalue weighted by Gasteiger charge is 1.95. The van der Waals surface area contributed by atoms with Gasteiger partial charge in [-0.1, -0.05) is 0 Å². The molecule has 0 aliphatic heterocycles. The Morgan fingerprint density at radius 3 is 2.20 bits per heavy atom. The van der Waals surface area contributed by atoms with Gasteiger partial charge >= 0.3 is 0 Å². The Morgan fingerprint density at radius 2 is 1.80 bits per heavy atom. The van der Waals surface area contributed by atoms with Crippen molar-refractivity contribution in [2.24, 2.45) is 0 Å². The zero-order valence-corrected chi connectivity index (χ0v) is 5.34. The van der Waals surface area contributed by atoms with Crippen molar-refractivity contribution >= 4 is 11.6 Å². The van der Waals surface area contributed by atoms with Crippen molar-refractivity contribution in [3.8, 4) is 0 Å². The summed E-state index contributed by atoms with van der Waals surface area (Å²) < 4.78 is 11.9. The van der Waals surface area contributed by atoms with E-state index >= 15 is 0 Å². The minimum absolute atomic E-state index is 0.257. The molecule has 4 N–H and O–H groups in total. The Labute approximate surface area is 57.9 Å². The summed E-state index contributed by atoms with van der Waals surface area (Å²) in [5, 5.41) is 0. The first-order valence-electron chi connectivity index (χ1n) is 2.80. The van der Waals surface area contributed by atoms with Gasteiger partial charge in [0.2, 0.25) is 0 Å². The van der Waals surface area contributed by atoms with Gasteiger partial charge in [0.05, 0.1) is 0 Å². The molecule has 0 aliphatic rings. The summed E-state index contributed by atoms with van der Waals surface area (Å²) in [4.78, 5) is 3.67. The lowest BCUT2D eigenvalue weighted by atomic mass is 10.3. The number of alkyl halides is 1. The Morgan fingerprint density at radius 1 is 1.30 bits per heavy atom. The molecule has 0 aromatic carbocycles. The molecule has 0 atom stereocenters. The number of nitrogens with two attached hydrogens (primary N) is 2. The van der Waals surface area contributed by atoms with Gasteiger partial charge in [-0.2, -0.15) is 0 Å². The van der Waals surface area contributed by atoms with Gasteiger partial charge in [0.25, 0.3) is 0 Å². The van der Waals surface area contributed by atoms with Crippen LogP contribution in [0.5, 0.6) is 0 Å². The van der Waals surface area contributed by atoms with Crippen LogP contribution in [0.3, 0.4) is 0 Å². The average molecular weight is 141 g/mol. The molecule has 0 radical (unpaired) electrons. The van der Waals surface area contributed by atoms with Gasteiger partial charge in [-0.25, -0.2) is 9.37 Å². The number of hydrogen-bond acceptors (Lipinski definition) is 3. The van der Waals surface area contributed by atoms with E-state index in [0.29, 0.717) is 5.56 Å². The summed E-state index contributed by atoms with van der Waals surface area (Å²) in [6, 6.07) is 2.91. The average Bonchev–Trinajstić information content (AvgIpc) is 1.85. The minimum Gasteiger partial charge on any atom is -0.384 e. The van der Waals surface area contributed by atoms with Crippen LogP contribution in [-0.4, -0.2) is 4.98 Å². The normalized spacial score (nSPS) is 9.70. The third-order valence-corrected chi connectivity index (χ3v) is 1.08. The van der Waals surface area contributed by atoms with Crippen molar-refractivity contribution < 1.29 is 4.39 Å². The molecule has 1 rings (SSSR count). The van der Waals surface area contributed by atoms with Crippen LogP contribution < -0.4 is 11.5 Å². The Hall–Kier alpha value is -1.32. The van der Waals surface area contributed by atoms with E-state index in [9.17, 15) is 4.39 Å². The fraction of sp³-hybridized carbons (Fsp3) is 0.167. The second-order valence-electron chi connectivity index (χ2n) is 1.96. The smallest absolute Gasteiger partial charge is 0.126 e. The first-order chi connectivity index (χ1) is 4.72. The molecular formula is C6H8FN3. The van der Waals surface area contributed by atoms with E-state index in [2.05, 4.69) is 4.98 Å². The monoisotopic (exact) mass is 141 g/mol. The predicted molar refractivity (Wildman–Crippen MR) is 37.9 cm³/mol. The van der Waals surface area contributed by atoms with Crippen LogP contribution in [0, 0.1) is 0 Å². The standard InChI is InChI=1S/C6H8FN3/c7-3-4-1-5(8)10-6(9)2-4/h1-2H,3H2,(H4,8,9,10). The van der Waals surface area contributed by atoms with E-state index in [1.54, 1.807) is 0 Å². The second kappa shape index (κ2) is 2.51. The lowest BCUT2D eigenvalue weighted by Gasteiger charge is -1.97. The van der Waals surface area contributed by atoms with E-state index in [1.807, 2.05) is 0 Å². The van der Waals surface area contributed by atoms with Gasteiger partial charge in [-0.3, -0.25) is 0 Å². The summed E-state index contributed by atoms with van der Waals surface area (Å²) in [7, 11) is 0. The molecule has 0 unspecified atom stereocenters. The van der Waals surface area contributed by atoms with Crippen LogP contribution in [0.4, 0.5) is 16.0 Å². The summed E-state index contributed by atoms with van der Waals surface area (Å²) >= 11 is 0. The molecule has 0 saturated carbocycles. The summed E-state index contributed by atoms with van der Waals surface area (Å²) in [5.74, 6) is 0.514. The molecule has 3 nitrogen and oxygen atoms in total. The molecule has 4 heteroatoms. The van der Waals surface area contributed by atoms with E-state index in [0.717, 1.165) is 0 Å². The lowest BCUT2D eigenvalue weighted by Crippen LogP contribution is -1.97. The number of pyridine rings is 1. The molecule has 54 valence electrons. The molecule has 0 fully saturated rings. The number of aromatic nitrogens is 1. The van der Waals surface area contributed by atoms with E-state index < -0.39 is 6.67 Å². The molecule has 0 aliphatic carbocycles. The van der Waals surface area contributed by atoms with Crippen molar-refractivity contribution in [1.82, 2.24) is 4.98 Å². The molecule has 0 amide bonds. The highest BCUT2D eigenvalue weighted by Crippen LogP contribution is 2.09. The van der Waals surface area contributed by atoms with Crippen LogP contribution in [-0.2, 0) is 6.67 Å². The van der Waals surface area contributed by atoms with E-state index in [-0.39, 0.29) is 11.6 Å². The largest absolute Gasteiger partial charge is 0.384 e. The molecule has 1 heterocycles. The van der Waals surface area contributed by atoms with E-state index in [1.165, 1.54) is 12.1 Å². The Balaban J connectivity index is 3.06. The SMILES string of the molecule is Nc1cc(CF)cc(N)n1. The Kier molecular flexibility index (Phi) is 1.71. The zero-order valence-electron chi connectivity index (χ0n) is 5.34. The van der Waals surface area contributed by atoms with Crippen molar-refractivity contribution in [1.29, 1.82) is 0 Å². The zero-order chi connectivity index (χ0) is 7.56. The third-order valence-electron chi connectivity index (χ3n) is 1.08. The molecule has 0 saturated heterocycles. The fourth-order valence-electron chi connectivity index (χ4n) is 0.712. The predicted octanol–water partition coefficient (Wildman–Crippen LogP) is 0.716. The topological polar surface area (TPSA) is 64.9 Å². The number of hydrogen-bond donors (Lipinski definition) is 2. The van der Waals surface area contributed by atoms with Crippen LogP contribution in [0.2, 0.25) is 0 Å². The number of halogens is 1. The first-order valence-corrected chi connectivity index (χ1v) is 2.80. The van der Waals surface area contributed by atoms with Crippen LogP contribution in [0.15, 0.2) is 12.1 Å². The maximum Gasteiger partial charge on any atom is 0.126 e. The Bertz CT molecular complexity index is 216. The molecule has 0 bridgehead atoms. The van der Waals surface area contributed by atoms with Crippen LogP contribution in [0.25, 0.3) is 0 Å². The summed E-state index contributed by atoms with van der Waals surface area (Å²) in [5.41, 5.74) is 11.0. The van der Waals surface area contributed by atoms with Gasteiger partial charge < -0.3 is 11.5 Å². The number of rotatable bonds is 1. The highest BCUT2D eigenvalue weighted by atomic mass is 19.1. The summed E-state index contributed by atoms with van der Waals surface area (Å²) in [6.45, 7) is -0.559. The minimum atomic E-state index is -0.559. The number of nitrogens with zero attached hydrogens (tertiary/aromatic N) is 1. The van der Waals surface area contributed by atoms with Gasteiger partial charge in [0.15, 0.2) is 0 Å². The van der Waals surface area contributed by atoms with Crippen LogP contribution in [0.1, 0.15) is 5.56 Å². The quantitative estimate of drug-likeness (QED) is 0.605. The number of nitrogen functional groups attached to an aromatic ring is 2. The van der Waals surface area contributed by atoms with Gasteiger partial charge in [0, 0.05) is 0 Å². The van der Waals surface area contributed by atoms with E-state index in [4.69, 9.17) is 11.5 Å². The molecule has 0 spiro atoms. The van der Waals surface area contributed by atoms with Gasteiger partial charge in [-0.15, -0.1) is 0 Å². The molecule has 10 heavy (non-hydrogen) atoms. The van der Waals surface area contributed by atoms with Gasteiger partial charge in [0.1, 0.15) is 18.3 Å². The highest BCUT2D eigenvalue weighted by molar-refractivity contribution is 5.43. The lowest BCUT2D eigenvalue weighted by molar-refractivity contribution is 0.485. The molecule has 1 aromatic rings. The van der Waals surface area contributed by atoms with Crippen molar-refractivity contribution in [3.63, 3.8) is 0 Å². The van der Waals surface area contributed by atoms with Crippen molar-refractivity contribution in [2.45, 2.75) is 6.67 Å². The molecular weight excluding hydrogens is 133 g/mol. The molecule has 1 aromatic heterocycles. The third kappa shape index (κ3) is 1.34.